The molecule has 3 rings (SSSR count). The molecule has 1 aromatic carbocycles. The molecule has 1 amide bonds. The summed E-state index contributed by atoms with van der Waals surface area (Å²) in [6.45, 7) is 1.29. The molecule has 1 saturated heterocycles. The van der Waals surface area contributed by atoms with E-state index >= 15 is 0 Å². The number of hydrogen-bond donors (Lipinski definition) is 1. The van der Waals surface area contributed by atoms with Gasteiger partial charge in [0.1, 0.15) is 11.5 Å². The Hall–Kier alpha value is -3.03. The van der Waals surface area contributed by atoms with Crippen molar-refractivity contribution < 1.29 is 24.2 Å². The molecule has 0 unspecified atom stereocenters. The normalized spacial score (nSPS) is 14.7. The highest BCUT2D eigenvalue weighted by molar-refractivity contribution is 5.86. The summed E-state index contributed by atoms with van der Waals surface area (Å²) >= 11 is 0. The lowest BCUT2D eigenvalue weighted by molar-refractivity contribution is -0.132. The number of carboxylic acids is 1. The average Bonchev–Trinajstić information content (AvgIpc) is 3.22. The summed E-state index contributed by atoms with van der Waals surface area (Å²) in [4.78, 5) is 25.4. The van der Waals surface area contributed by atoms with Crippen LogP contribution < -0.4 is 9.47 Å². The molecular weight excluding hydrogens is 362 g/mol. The van der Waals surface area contributed by atoms with E-state index in [2.05, 4.69) is 5.10 Å². The second kappa shape index (κ2) is 8.77. The van der Waals surface area contributed by atoms with Crippen LogP contribution in [0.15, 0.2) is 30.6 Å². The maximum absolute atomic E-state index is 12.6. The molecule has 28 heavy (non-hydrogen) atoms. The molecule has 1 aromatic heterocycles. The van der Waals surface area contributed by atoms with Crippen molar-refractivity contribution in [3.05, 3.63) is 41.7 Å². The van der Waals surface area contributed by atoms with Gasteiger partial charge in [-0.3, -0.25) is 9.48 Å². The lowest BCUT2D eigenvalue weighted by Crippen LogP contribution is -2.39. The van der Waals surface area contributed by atoms with Crippen LogP contribution in [-0.2, 0) is 11.2 Å². The van der Waals surface area contributed by atoms with E-state index in [9.17, 15) is 9.59 Å². The van der Waals surface area contributed by atoms with Crippen LogP contribution in [0.4, 0.5) is 0 Å². The van der Waals surface area contributed by atoms with E-state index in [4.69, 9.17) is 14.6 Å². The number of rotatable bonds is 7. The van der Waals surface area contributed by atoms with Crippen LogP contribution in [-0.4, -0.2) is 59.0 Å². The van der Waals surface area contributed by atoms with Crippen LogP contribution in [0.25, 0.3) is 0 Å². The van der Waals surface area contributed by atoms with Crippen LogP contribution in [0.3, 0.4) is 0 Å². The molecule has 0 saturated carbocycles. The van der Waals surface area contributed by atoms with Gasteiger partial charge < -0.3 is 19.5 Å². The number of aryl methyl sites for hydroxylation is 1. The Labute approximate surface area is 163 Å². The minimum absolute atomic E-state index is 0.118. The number of methoxy groups -OCH3 is 2. The first-order valence-corrected chi connectivity index (χ1v) is 9.27. The molecule has 0 atom stereocenters. The van der Waals surface area contributed by atoms with Crippen molar-refractivity contribution in [3.8, 4) is 11.5 Å². The van der Waals surface area contributed by atoms with E-state index < -0.39 is 5.97 Å². The smallest absolute Gasteiger partial charge is 0.338 e. The van der Waals surface area contributed by atoms with Gasteiger partial charge in [-0.1, -0.05) is 0 Å². The summed E-state index contributed by atoms with van der Waals surface area (Å²) in [5.41, 5.74) is 1.18. The first-order chi connectivity index (χ1) is 13.5. The monoisotopic (exact) mass is 387 g/mol. The first-order valence-electron chi connectivity index (χ1n) is 9.27. The summed E-state index contributed by atoms with van der Waals surface area (Å²) in [7, 11) is 3.21. The largest absolute Gasteiger partial charge is 0.497 e. The second-order valence-electron chi connectivity index (χ2n) is 6.85. The zero-order valence-electron chi connectivity index (χ0n) is 16.1. The van der Waals surface area contributed by atoms with E-state index in [0.29, 0.717) is 37.4 Å². The van der Waals surface area contributed by atoms with Crippen LogP contribution in [0, 0.1) is 0 Å². The SMILES string of the molecule is COc1cc(CCC(=O)N2CCC(n3cc(C(=O)O)cn3)CC2)cc(OC)c1. The standard InChI is InChI=1S/C20H25N3O5/c1-27-17-9-14(10-18(11-17)28-2)3-4-19(24)22-7-5-16(6-8-22)23-13-15(12-21-23)20(25)26/h9-13,16H,3-8H2,1-2H3,(H,25,26). The predicted molar refractivity (Wildman–Crippen MR) is 102 cm³/mol. The van der Waals surface area contributed by atoms with E-state index in [0.717, 1.165) is 18.4 Å². The van der Waals surface area contributed by atoms with Crippen molar-refractivity contribution in [1.29, 1.82) is 0 Å². The molecule has 0 aliphatic carbocycles. The fraction of sp³-hybridized carbons (Fsp3) is 0.450. The van der Waals surface area contributed by atoms with Gasteiger partial charge in [0.25, 0.3) is 0 Å². The Morgan fingerprint density at radius 3 is 2.32 bits per heavy atom. The molecule has 1 aliphatic rings. The van der Waals surface area contributed by atoms with Gasteiger partial charge in [0.15, 0.2) is 0 Å². The van der Waals surface area contributed by atoms with Crippen molar-refractivity contribution >= 4 is 11.9 Å². The van der Waals surface area contributed by atoms with Gasteiger partial charge in [-0.15, -0.1) is 0 Å². The molecule has 2 heterocycles. The number of ether oxygens (including phenoxy) is 2. The third-order valence-electron chi connectivity index (χ3n) is 5.08. The Kier molecular flexibility index (Phi) is 6.18. The van der Waals surface area contributed by atoms with Crippen molar-refractivity contribution in [2.75, 3.05) is 27.3 Å². The van der Waals surface area contributed by atoms with Gasteiger partial charge in [0, 0.05) is 31.8 Å². The molecule has 2 aromatic rings. The average molecular weight is 387 g/mol. The van der Waals surface area contributed by atoms with Crippen LogP contribution in [0.1, 0.15) is 41.2 Å². The Morgan fingerprint density at radius 2 is 1.79 bits per heavy atom. The topological polar surface area (TPSA) is 93.9 Å². The van der Waals surface area contributed by atoms with E-state index in [1.165, 1.54) is 6.20 Å². The molecule has 8 heteroatoms. The van der Waals surface area contributed by atoms with Crippen molar-refractivity contribution in [2.24, 2.45) is 0 Å². The lowest BCUT2D eigenvalue weighted by atomic mass is 10.0. The quantitative estimate of drug-likeness (QED) is 0.784. The lowest BCUT2D eigenvalue weighted by Gasteiger charge is -2.32. The molecule has 150 valence electrons. The third-order valence-corrected chi connectivity index (χ3v) is 5.08. The van der Waals surface area contributed by atoms with Gasteiger partial charge in [0.05, 0.1) is 32.0 Å². The van der Waals surface area contributed by atoms with Gasteiger partial charge in [-0.05, 0) is 37.0 Å². The maximum Gasteiger partial charge on any atom is 0.338 e. The third kappa shape index (κ3) is 4.62. The number of piperidine rings is 1. The maximum atomic E-state index is 12.6. The van der Waals surface area contributed by atoms with Crippen LogP contribution in [0.2, 0.25) is 0 Å². The van der Waals surface area contributed by atoms with E-state index in [-0.39, 0.29) is 17.5 Å². The Morgan fingerprint density at radius 1 is 1.14 bits per heavy atom. The number of carbonyl (C=O) groups excluding carboxylic acids is 1. The number of benzene rings is 1. The summed E-state index contributed by atoms with van der Waals surface area (Å²) < 4.78 is 12.2. The summed E-state index contributed by atoms with van der Waals surface area (Å²) in [5.74, 6) is 0.560. The minimum Gasteiger partial charge on any atom is -0.497 e. The number of carbonyl (C=O) groups is 2. The van der Waals surface area contributed by atoms with Gasteiger partial charge in [-0.25, -0.2) is 4.79 Å². The molecule has 0 radical (unpaired) electrons. The summed E-state index contributed by atoms with van der Waals surface area (Å²) in [6, 6.07) is 5.76. The molecular formula is C20H25N3O5. The van der Waals surface area contributed by atoms with Crippen molar-refractivity contribution in [2.45, 2.75) is 31.7 Å². The fourth-order valence-electron chi connectivity index (χ4n) is 3.45. The highest BCUT2D eigenvalue weighted by Gasteiger charge is 2.24. The Balaban J connectivity index is 1.52. The minimum atomic E-state index is -0.979. The van der Waals surface area contributed by atoms with Gasteiger partial charge in [0.2, 0.25) is 5.91 Å². The Bertz CT molecular complexity index is 818. The van der Waals surface area contributed by atoms with Gasteiger partial charge >= 0.3 is 5.97 Å². The molecule has 1 N–H and O–H groups in total. The zero-order chi connectivity index (χ0) is 20.1. The highest BCUT2D eigenvalue weighted by atomic mass is 16.5. The number of likely N-dealkylation sites (tertiary alicyclic amines) is 1. The van der Waals surface area contributed by atoms with E-state index in [1.807, 2.05) is 17.0 Å². The molecule has 1 fully saturated rings. The zero-order valence-corrected chi connectivity index (χ0v) is 16.1. The number of aromatic nitrogens is 2. The van der Waals surface area contributed by atoms with Gasteiger partial charge in [-0.2, -0.15) is 5.10 Å². The number of carboxylic acid groups (broad SMARTS) is 1. The first kappa shape index (κ1) is 19.7. The molecule has 1 aliphatic heterocycles. The number of nitrogens with zero attached hydrogens (tertiary/aromatic N) is 3. The van der Waals surface area contributed by atoms with Crippen molar-refractivity contribution in [3.63, 3.8) is 0 Å². The summed E-state index contributed by atoms with van der Waals surface area (Å²) in [5, 5.41) is 13.2. The van der Waals surface area contributed by atoms with Crippen LogP contribution in [0.5, 0.6) is 11.5 Å². The summed E-state index contributed by atoms with van der Waals surface area (Å²) in [6.07, 6.45) is 5.49. The number of aromatic carboxylic acids is 1. The fourth-order valence-corrected chi connectivity index (χ4v) is 3.45. The predicted octanol–water partition coefficient (Wildman–Crippen LogP) is 2.39. The molecule has 8 nitrogen and oxygen atoms in total. The van der Waals surface area contributed by atoms with E-state index in [1.54, 1.807) is 31.2 Å². The number of hydrogen-bond acceptors (Lipinski definition) is 5. The van der Waals surface area contributed by atoms with Crippen LogP contribution >= 0.6 is 0 Å². The molecule has 0 spiro atoms. The number of amides is 1. The van der Waals surface area contributed by atoms with Crippen molar-refractivity contribution in [1.82, 2.24) is 14.7 Å². The molecule has 0 bridgehead atoms. The highest BCUT2D eigenvalue weighted by Crippen LogP contribution is 2.25. The second-order valence-corrected chi connectivity index (χ2v) is 6.85.